The number of nitrogens with zero attached hydrogens (tertiary/aromatic N) is 3. The van der Waals surface area contributed by atoms with Gasteiger partial charge in [-0.1, -0.05) is 133 Å². The Hall–Kier alpha value is -6.78. The average Bonchev–Trinajstić information content (AvgIpc) is 3.74. The van der Waals surface area contributed by atoms with E-state index in [4.69, 9.17) is 14.4 Å². The van der Waals surface area contributed by atoms with E-state index >= 15 is 0 Å². The van der Waals surface area contributed by atoms with Gasteiger partial charge in [0.25, 0.3) is 0 Å². The fourth-order valence-corrected chi connectivity index (χ4v) is 7.28. The second-order valence-corrected chi connectivity index (χ2v) is 12.6. The molecule has 0 amide bonds. The molecule has 4 nitrogen and oxygen atoms in total. The van der Waals surface area contributed by atoms with Crippen molar-refractivity contribution in [2.24, 2.45) is 0 Å². The summed E-state index contributed by atoms with van der Waals surface area (Å²) in [4.78, 5) is 10.2. The van der Waals surface area contributed by atoms with Crippen LogP contribution in [0.4, 0.5) is 0 Å². The summed E-state index contributed by atoms with van der Waals surface area (Å²) in [6.45, 7) is 0. The Kier molecular flexibility index (Phi) is 6.46. The molecule has 10 rings (SSSR count). The van der Waals surface area contributed by atoms with E-state index in [1.54, 1.807) is 0 Å². The Morgan fingerprint density at radius 3 is 1.62 bits per heavy atom. The minimum absolute atomic E-state index is 0.697. The molecule has 234 valence electrons. The van der Waals surface area contributed by atoms with Crippen molar-refractivity contribution in [2.45, 2.75) is 0 Å². The first-order valence-electron chi connectivity index (χ1n) is 16.8. The Labute approximate surface area is 288 Å². The summed E-state index contributed by atoms with van der Waals surface area (Å²) in [6.07, 6.45) is 0. The standard InChI is InChI=1S/C46H29N3O/c1-2-11-33(12-3-1)46-47-39(31-23-21-30(22-24-31)35-16-10-20-44-45(35)38-15-6-9-19-43(38)50-44)29-40(48-46)32-25-27-34(28-26-32)49-41-17-7-4-13-36(41)37-14-5-8-18-42(37)49/h1-29H. The summed E-state index contributed by atoms with van der Waals surface area (Å²) in [5, 5.41) is 4.76. The topological polar surface area (TPSA) is 43.9 Å². The first kappa shape index (κ1) is 28.3. The molecule has 0 aliphatic carbocycles. The molecule has 0 aliphatic rings. The van der Waals surface area contributed by atoms with Crippen molar-refractivity contribution >= 4 is 43.7 Å². The quantitative estimate of drug-likeness (QED) is 0.188. The van der Waals surface area contributed by atoms with Crippen LogP contribution in [0.25, 0.3) is 94.5 Å². The van der Waals surface area contributed by atoms with Crippen molar-refractivity contribution in [3.63, 3.8) is 0 Å². The average molecular weight is 640 g/mol. The zero-order valence-electron chi connectivity index (χ0n) is 27.0. The molecule has 4 heteroatoms. The normalized spacial score (nSPS) is 11.6. The lowest BCUT2D eigenvalue weighted by Gasteiger charge is -2.12. The van der Waals surface area contributed by atoms with E-state index in [0.29, 0.717) is 5.82 Å². The monoisotopic (exact) mass is 639 g/mol. The van der Waals surface area contributed by atoms with Gasteiger partial charge in [0, 0.05) is 43.9 Å². The molecule has 7 aromatic carbocycles. The maximum atomic E-state index is 6.17. The molecule has 3 heterocycles. The molecule has 0 bridgehead atoms. The van der Waals surface area contributed by atoms with Crippen molar-refractivity contribution in [3.05, 3.63) is 176 Å². The van der Waals surface area contributed by atoms with Gasteiger partial charge in [0.05, 0.1) is 22.4 Å². The molecule has 3 aromatic heterocycles. The summed E-state index contributed by atoms with van der Waals surface area (Å²) in [6, 6.07) is 61.3. The summed E-state index contributed by atoms with van der Waals surface area (Å²) in [5.74, 6) is 0.697. The molecule has 0 saturated carbocycles. The number of para-hydroxylation sites is 3. The van der Waals surface area contributed by atoms with E-state index in [9.17, 15) is 0 Å². The first-order chi connectivity index (χ1) is 24.8. The van der Waals surface area contributed by atoms with Gasteiger partial charge in [0.2, 0.25) is 0 Å². The van der Waals surface area contributed by atoms with Crippen molar-refractivity contribution in [2.75, 3.05) is 0 Å². The molecule has 0 aliphatic heterocycles. The van der Waals surface area contributed by atoms with Crippen molar-refractivity contribution in [1.29, 1.82) is 0 Å². The van der Waals surface area contributed by atoms with Crippen LogP contribution in [0.3, 0.4) is 0 Å². The summed E-state index contributed by atoms with van der Waals surface area (Å²) in [5.41, 5.74) is 12.4. The lowest BCUT2D eigenvalue weighted by molar-refractivity contribution is 0.669. The van der Waals surface area contributed by atoms with Crippen LogP contribution in [0.2, 0.25) is 0 Å². The third-order valence-electron chi connectivity index (χ3n) is 9.65. The first-order valence-corrected chi connectivity index (χ1v) is 16.8. The zero-order valence-corrected chi connectivity index (χ0v) is 27.0. The third-order valence-corrected chi connectivity index (χ3v) is 9.65. The van der Waals surface area contributed by atoms with E-state index in [1.807, 2.05) is 36.4 Å². The van der Waals surface area contributed by atoms with Gasteiger partial charge in [-0.25, -0.2) is 9.97 Å². The summed E-state index contributed by atoms with van der Waals surface area (Å²) >= 11 is 0. The van der Waals surface area contributed by atoms with Crippen LogP contribution in [-0.2, 0) is 0 Å². The molecule has 0 saturated heterocycles. The molecule has 10 aromatic rings. The van der Waals surface area contributed by atoms with Crippen LogP contribution in [0, 0.1) is 0 Å². The maximum Gasteiger partial charge on any atom is 0.160 e. The minimum Gasteiger partial charge on any atom is -0.456 e. The van der Waals surface area contributed by atoms with E-state index in [-0.39, 0.29) is 0 Å². The smallest absolute Gasteiger partial charge is 0.160 e. The van der Waals surface area contributed by atoms with Crippen LogP contribution >= 0.6 is 0 Å². The van der Waals surface area contributed by atoms with Gasteiger partial charge in [-0.15, -0.1) is 0 Å². The fourth-order valence-electron chi connectivity index (χ4n) is 7.28. The maximum absolute atomic E-state index is 6.17. The van der Waals surface area contributed by atoms with E-state index in [0.717, 1.165) is 66.8 Å². The molecule has 0 unspecified atom stereocenters. The van der Waals surface area contributed by atoms with Crippen LogP contribution < -0.4 is 0 Å². The van der Waals surface area contributed by atoms with Gasteiger partial charge in [0.1, 0.15) is 11.2 Å². The molecular formula is C46H29N3O. The number of aromatic nitrogens is 3. The minimum atomic E-state index is 0.697. The Balaban J connectivity index is 1.06. The molecular weight excluding hydrogens is 611 g/mol. The highest BCUT2D eigenvalue weighted by Crippen LogP contribution is 2.38. The van der Waals surface area contributed by atoms with Gasteiger partial charge >= 0.3 is 0 Å². The molecule has 0 N–H and O–H groups in total. The number of rotatable bonds is 5. The Morgan fingerprint density at radius 2 is 0.940 bits per heavy atom. The highest BCUT2D eigenvalue weighted by molar-refractivity contribution is 6.12. The predicted octanol–water partition coefficient (Wildman–Crippen LogP) is 12.1. The second-order valence-electron chi connectivity index (χ2n) is 12.6. The molecule has 0 atom stereocenters. The van der Waals surface area contributed by atoms with Crippen molar-refractivity contribution < 1.29 is 4.42 Å². The number of hydrogen-bond acceptors (Lipinski definition) is 3. The zero-order chi connectivity index (χ0) is 33.0. The highest BCUT2D eigenvalue weighted by atomic mass is 16.3. The predicted molar refractivity (Wildman–Crippen MR) is 205 cm³/mol. The number of hydrogen-bond donors (Lipinski definition) is 0. The molecule has 0 fully saturated rings. The Morgan fingerprint density at radius 1 is 0.400 bits per heavy atom. The van der Waals surface area contributed by atoms with E-state index < -0.39 is 0 Å². The highest BCUT2D eigenvalue weighted by Gasteiger charge is 2.15. The third kappa shape index (κ3) is 4.61. The number of furan rings is 1. The summed E-state index contributed by atoms with van der Waals surface area (Å²) in [7, 11) is 0. The molecule has 0 spiro atoms. The molecule has 0 radical (unpaired) electrons. The summed E-state index contributed by atoms with van der Waals surface area (Å²) < 4.78 is 8.50. The largest absolute Gasteiger partial charge is 0.456 e. The fraction of sp³-hybridized carbons (Fsp3) is 0. The lowest BCUT2D eigenvalue weighted by atomic mass is 9.97. The van der Waals surface area contributed by atoms with Crippen LogP contribution in [0.15, 0.2) is 180 Å². The van der Waals surface area contributed by atoms with Gasteiger partial charge in [-0.3, -0.25) is 0 Å². The second kappa shape index (κ2) is 11.4. The number of fused-ring (bicyclic) bond motifs is 6. The van der Waals surface area contributed by atoms with E-state index in [2.05, 4.69) is 144 Å². The van der Waals surface area contributed by atoms with Crippen molar-refractivity contribution in [3.8, 4) is 50.7 Å². The molecule has 50 heavy (non-hydrogen) atoms. The van der Waals surface area contributed by atoms with Gasteiger partial charge in [-0.2, -0.15) is 0 Å². The SMILES string of the molecule is c1ccc(-c2nc(-c3ccc(-c4cccc5oc6ccccc6c45)cc3)cc(-c3ccc(-n4c5ccccc5c5ccccc54)cc3)n2)cc1. The van der Waals surface area contributed by atoms with Crippen LogP contribution in [0.5, 0.6) is 0 Å². The van der Waals surface area contributed by atoms with Gasteiger partial charge in [0.15, 0.2) is 5.82 Å². The van der Waals surface area contributed by atoms with Crippen molar-refractivity contribution in [1.82, 2.24) is 14.5 Å². The number of benzene rings is 7. The lowest BCUT2D eigenvalue weighted by Crippen LogP contribution is -1.97. The van der Waals surface area contributed by atoms with E-state index in [1.165, 1.54) is 21.8 Å². The van der Waals surface area contributed by atoms with Crippen LogP contribution in [-0.4, -0.2) is 14.5 Å². The van der Waals surface area contributed by atoms with Gasteiger partial charge < -0.3 is 8.98 Å². The van der Waals surface area contributed by atoms with Crippen LogP contribution in [0.1, 0.15) is 0 Å². The van der Waals surface area contributed by atoms with Gasteiger partial charge in [-0.05, 0) is 53.6 Å². The Bertz CT molecular complexity index is 2790.